The van der Waals surface area contributed by atoms with Crippen LogP contribution in [0.2, 0.25) is 18.1 Å². The van der Waals surface area contributed by atoms with E-state index in [4.69, 9.17) is 20.2 Å². The van der Waals surface area contributed by atoms with Crippen LogP contribution in [-0.4, -0.2) is 13.3 Å². The van der Waals surface area contributed by atoms with Crippen molar-refractivity contribution in [3.05, 3.63) is 88.7 Å². The summed E-state index contributed by atoms with van der Waals surface area (Å²) in [6.07, 6.45) is 4.08. The summed E-state index contributed by atoms with van der Waals surface area (Å²) in [5, 5.41) is 0.0675. The first kappa shape index (κ1) is 24.2. The molecular formula is C28H34N2O3Si. The number of aromatic nitrogens is 1. The lowest BCUT2D eigenvalue weighted by molar-refractivity contribution is 0.0835. The van der Waals surface area contributed by atoms with Gasteiger partial charge in [-0.25, -0.2) is 4.98 Å². The van der Waals surface area contributed by atoms with Gasteiger partial charge in [-0.15, -0.1) is 0 Å². The van der Waals surface area contributed by atoms with Crippen molar-refractivity contribution in [3.63, 3.8) is 0 Å². The van der Waals surface area contributed by atoms with Crippen LogP contribution in [0.1, 0.15) is 55.9 Å². The fourth-order valence-corrected chi connectivity index (χ4v) is 5.43. The van der Waals surface area contributed by atoms with Crippen molar-refractivity contribution in [2.75, 3.05) is 0 Å². The van der Waals surface area contributed by atoms with E-state index in [1.807, 2.05) is 18.2 Å². The highest BCUT2D eigenvalue weighted by Crippen LogP contribution is 2.44. The molecule has 0 fully saturated rings. The third-order valence-electron chi connectivity index (χ3n) is 7.21. The van der Waals surface area contributed by atoms with Crippen molar-refractivity contribution in [2.45, 2.75) is 70.9 Å². The lowest BCUT2D eigenvalue weighted by Crippen LogP contribution is -2.43. The van der Waals surface area contributed by atoms with E-state index in [9.17, 15) is 0 Å². The van der Waals surface area contributed by atoms with Crippen LogP contribution in [0.4, 0.5) is 5.88 Å². The quantitative estimate of drug-likeness (QED) is 0.260. The number of oxazole rings is 1. The summed E-state index contributed by atoms with van der Waals surface area (Å²) < 4.78 is 18.7. The molecule has 1 aromatic heterocycles. The standard InChI is InChI=1S/C28H34N2O3Si/c1-28(2,3)34(5,6)33-26(27-30-18-25(29-4)32-27)23-13-12-22-17-24(15-14-21(22)16-23)31-19-20-10-8-7-9-11-20/h7-11,14-15,17-18,23,26H,12-13,16,19H2,1-3,5-6H3. The summed E-state index contributed by atoms with van der Waals surface area (Å²) in [4.78, 5) is 7.86. The highest BCUT2D eigenvalue weighted by molar-refractivity contribution is 6.74. The van der Waals surface area contributed by atoms with Crippen molar-refractivity contribution >= 4 is 14.2 Å². The van der Waals surface area contributed by atoms with E-state index >= 15 is 0 Å². The van der Waals surface area contributed by atoms with Crippen LogP contribution < -0.4 is 4.74 Å². The van der Waals surface area contributed by atoms with Crippen molar-refractivity contribution in [2.24, 2.45) is 5.92 Å². The number of fused-ring (bicyclic) bond motifs is 1. The van der Waals surface area contributed by atoms with E-state index in [1.165, 1.54) is 17.3 Å². The van der Waals surface area contributed by atoms with Gasteiger partial charge in [-0.1, -0.05) is 57.2 Å². The summed E-state index contributed by atoms with van der Waals surface area (Å²) in [6.45, 7) is 19.1. The Morgan fingerprint density at radius 2 is 1.91 bits per heavy atom. The number of aryl methyl sites for hydroxylation is 1. The van der Waals surface area contributed by atoms with Crippen molar-refractivity contribution in [1.82, 2.24) is 4.98 Å². The SMILES string of the molecule is [C-]#[N+]c1cnc(C(O[Si](C)(C)C(C)(C)C)C2CCc3cc(OCc4ccccc4)ccc3C2)o1. The molecule has 6 heteroatoms. The minimum Gasteiger partial charge on any atom is -0.489 e. The minimum absolute atomic E-state index is 0.0675. The molecule has 34 heavy (non-hydrogen) atoms. The fourth-order valence-electron chi connectivity index (χ4n) is 4.15. The second kappa shape index (κ2) is 9.77. The number of ether oxygens (including phenoxy) is 1. The maximum absolute atomic E-state index is 7.27. The Balaban J connectivity index is 1.52. The zero-order chi connectivity index (χ0) is 24.3. The van der Waals surface area contributed by atoms with Gasteiger partial charge in [-0.2, -0.15) is 4.85 Å². The van der Waals surface area contributed by atoms with E-state index in [0.29, 0.717) is 12.5 Å². The zero-order valence-electron chi connectivity index (χ0n) is 20.8. The maximum atomic E-state index is 7.27. The van der Waals surface area contributed by atoms with Crippen LogP contribution in [0.25, 0.3) is 4.85 Å². The normalized spacial score (nSPS) is 17.0. The van der Waals surface area contributed by atoms with E-state index in [2.05, 4.69) is 74.0 Å². The van der Waals surface area contributed by atoms with Gasteiger partial charge in [-0.05, 0) is 72.1 Å². The number of hydrogen-bond acceptors (Lipinski definition) is 4. The van der Waals surface area contributed by atoms with Gasteiger partial charge in [0.15, 0.2) is 8.32 Å². The molecule has 4 rings (SSSR count). The average Bonchev–Trinajstić information content (AvgIpc) is 3.30. The molecule has 0 saturated heterocycles. The molecule has 0 aliphatic heterocycles. The van der Waals surface area contributed by atoms with Crippen LogP contribution in [0, 0.1) is 12.5 Å². The van der Waals surface area contributed by atoms with Gasteiger partial charge in [0.1, 0.15) is 18.5 Å². The molecule has 178 valence electrons. The summed E-state index contributed by atoms with van der Waals surface area (Å²) >= 11 is 0. The molecule has 2 aromatic carbocycles. The zero-order valence-corrected chi connectivity index (χ0v) is 21.8. The molecular weight excluding hydrogens is 440 g/mol. The Bertz CT molecular complexity index is 1160. The summed E-state index contributed by atoms with van der Waals surface area (Å²) in [6, 6.07) is 16.7. The van der Waals surface area contributed by atoms with Gasteiger partial charge in [-0.3, -0.25) is 0 Å². The molecule has 5 nitrogen and oxygen atoms in total. The third kappa shape index (κ3) is 5.43. The molecule has 0 saturated carbocycles. The van der Waals surface area contributed by atoms with Crippen LogP contribution >= 0.6 is 0 Å². The third-order valence-corrected chi connectivity index (χ3v) is 11.7. The van der Waals surface area contributed by atoms with E-state index in [-0.39, 0.29) is 22.9 Å². The lowest BCUT2D eigenvalue weighted by atomic mass is 9.81. The van der Waals surface area contributed by atoms with E-state index in [0.717, 1.165) is 30.6 Å². The predicted octanol–water partition coefficient (Wildman–Crippen LogP) is 7.67. The van der Waals surface area contributed by atoms with Crippen LogP contribution in [0.3, 0.4) is 0 Å². The van der Waals surface area contributed by atoms with Crippen LogP contribution in [0.15, 0.2) is 59.1 Å². The molecule has 1 aliphatic carbocycles. The largest absolute Gasteiger partial charge is 0.489 e. The molecule has 2 atom stereocenters. The van der Waals surface area contributed by atoms with Crippen molar-refractivity contribution in [3.8, 4) is 5.75 Å². The Morgan fingerprint density at radius 3 is 2.59 bits per heavy atom. The maximum Gasteiger partial charge on any atom is 0.365 e. The number of rotatable bonds is 7. The summed E-state index contributed by atoms with van der Waals surface area (Å²) in [5.41, 5.74) is 3.82. The smallest absolute Gasteiger partial charge is 0.365 e. The number of benzene rings is 2. The summed E-state index contributed by atoms with van der Waals surface area (Å²) in [5.74, 6) is 1.90. The molecule has 1 aliphatic rings. The Morgan fingerprint density at radius 1 is 1.15 bits per heavy atom. The van der Waals surface area contributed by atoms with E-state index in [1.54, 1.807) is 0 Å². The Kier molecular flexibility index (Phi) is 6.97. The summed E-state index contributed by atoms with van der Waals surface area (Å²) in [7, 11) is -2.08. The van der Waals surface area contributed by atoms with Crippen LogP contribution in [-0.2, 0) is 23.9 Å². The van der Waals surface area contributed by atoms with Gasteiger partial charge in [0.05, 0.1) is 12.8 Å². The van der Waals surface area contributed by atoms with Gasteiger partial charge < -0.3 is 13.6 Å². The highest BCUT2D eigenvalue weighted by atomic mass is 28.4. The predicted molar refractivity (Wildman–Crippen MR) is 137 cm³/mol. The van der Waals surface area contributed by atoms with Gasteiger partial charge in [0, 0.05) is 0 Å². The van der Waals surface area contributed by atoms with Gasteiger partial charge in [0.25, 0.3) is 0 Å². The molecule has 3 aromatic rings. The fraction of sp³-hybridized carbons (Fsp3) is 0.429. The minimum atomic E-state index is -2.08. The first-order valence-electron chi connectivity index (χ1n) is 12.0. The molecule has 0 amide bonds. The molecule has 0 radical (unpaired) electrons. The Hall–Kier alpha value is -2.88. The molecule has 1 heterocycles. The van der Waals surface area contributed by atoms with Crippen molar-refractivity contribution < 1.29 is 13.6 Å². The van der Waals surface area contributed by atoms with Crippen molar-refractivity contribution in [1.29, 1.82) is 0 Å². The topological polar surface area (TPSA) is 48.9 Å². The first-order valence-corrected chi connectivity index (χ1v) is 14.9. The molecule has 0 spiro atoms. The van der Waals surface area contributed by atoms with Gasteiger partial charge in [0.2, 0.25) is 5.89 Å². The first-order chi connectivity index (χ1) is 16.2. The van der Waals surface area contributed by atoms with Gasteiger partial charge >= 0.3 is 5.88 Å². The number of hydrogen-bond donors (Lipinski definition) is 0. The average molecular weight is 475 g/mol. The Labute approximate surface area is 204 Å². The second-order valence-corrected chi connectivity index (χ2v) is 15.4. The highest BCUT2D eigenvalue weighted by Gasteiger charge is 2.43. The number of nitrogens with zero attached hydrogens (tertiary/aromatic N) is 2. The lowest BCUT2D eigenvalue weighted by Gasteiger charge is -2.41. The molecule has 0 bridgehead atoms. The molecule has 2 unspecified atom stereocenters. The monoisotopic (exact) mass is 474 g/mol. The molecule has 0 N–H and O–H groups in total. The second-order valence-electron chi connectivity index (χ2n) is 10.7. The van der Waals surface area contributed by atoms with Crippen LogP contribution in [0.5, 0.6) is 5.75 Å². The van der Waals surface area contributed by atoms with E-state index < -0.39 is 8.32 Å².